The monoisotopic (exact) mass is 254 g/mol. The zero-order chi connectivity index (χ0) is 11.7. The van der Waals surface area contributed by atoms with Crippen molar-refractivity contribution < 1.29 is 12.6 Å². The molecule has 0 spiro atoms. The summed E-state index contributed by atoms with van der Waals surface area (Å²) in [6.45, 7) is 3.60. The van der Waals surface area contributed by atoms with Crippen molar-refractivity contribution in [3.63, 3.8) is 0 Å². The van der Waals surface area contributed by atoms with Crippen LogP contribution in [0.1, 0.15) is 39.5 Å². The minimum absolute atomic E-state index is 0.243. The van der Waals surface area contributed by atoms with Gasteiger partial charge in [-0.2, -0.15) is 0 Å². The normalized spacial score (nSPS) is 14.0. The van der Waals surface area contributed by atoms with Crippen molar-refractivity contribution in [3.05, 3.63) is 0 Å². The highest BCUT2D eigenvalue weighted by atomic mass is 32.2. The van der Waals surface area contributed by atoms with E-state index in [1.807, 2.05) is 6.92 Å². The molecule has 0 saturated carbocycles. The van der Waals surface area contributed by atoms with Gasteiger partial charge in [0.05, 0.1) is 5.75 Å². The molecule has 0 aromatic rings. The van der Waals surface area contributed by atoms with Crippen molar-refractivity contribution in [2.24, 2.45) is 0 Å². The summed E-state index contributed by atoms with van der Waals surface area (Å²) in [5, 5.41) is 0. The molecule has 15 heavy (non-hydrogen) atoms. The predicted molar refractivity (Wildman–Crippen MR) is 66.3 cm³/mol. The minimum Gasteiger partial charge on any atom is -0.260 e. The second-order valence-electron chi connectivity index (χ2n) is 3.58. The van der Waals surface area contributed by atoms with E-state index in [4.69, 9.17) is 0 Å². The van der Waals surface area contributed by atoms with Gasteiger partial charge in [-0.3, -0.25) is 4.21 Å². The zero-order valence-electron chi connectivity index (χ0n) is 9.70. The zero-order valence-corrected chi connectivity index (χ0v) is 11.3. The quantitative estimate of drug-likeness (QED) is 0.589. The Bertz CT molecular complexity index is 270. The number of unbranched alkanes of at least 4 members (excludes halogenated alkanes) is 3. The van der Waals surface area contributed by atoms with E-state index in [9.17, 15) is 12.6 Å². The van der Waals surface area contributed by atoms with Crippen LogP contribution in [-0.4, -0.2) is 35.6 Å². The topological polar surface area (TPSA) is 51.2 Å². The van der Waals surface area contributed by atoms with Gasteiger partial charge in [0.2, 0.25) is 0 Å². The number of rotatable bonds is 9. The van der Waals surface area contributed by atoms with E-state index >= 15 is 0 Å². The third-order valence-electron chi connectivity index (χ3n) is 2.34. The standard InChI is InChI=1S/C10H22O3S2/c1-3-14(11)9-7-5-6-8-10-15(12,13)4-2/h3-10H2,1-2H3. The maximum atomic E-state index is 11.1. The largest absolute Gasteiger partial charge is 0.260 e. The first-order chi connectivity index (χ1) is 7.02. The van der Waals surface area contributed by atoms with Gasteiger partial charge in [0.25, 0.3) is 0 Å². The first kappa shape index (κ1) is 15.1. The minimum atomic E-state index is -2.79. The number of hydrogen-bond donors (Lipinski definition) is 0. The summed E-state index contributed by atoms with van der Waals surface area (Å²) in [6, 6.07) is 0. The van der Waals surface area contributed by atoms with Gasteiger partial charge < -0.3 is 0 Å². The van der Waals surface area contributed by atoms with Crippen LogP contribution in [0, 0.1) is 0 Å². The van der Waals surface area contributed by atoms with Crippen LogP contribution in [0.5, 0.6) is 0 Å². The van der Waals surface area contributed by atoms with Crippen molar-refractivity contribution in [1.82, 2.24) is 0 Å². The summed E-state index contributed by atoms with van der Waals surface area (Å²) in [4.78, 5) is 0. The van der Waals surface area contributed by atoms with Gasteiger partial charge in [-0.1, -0.05) is 26.7 Å². The summed E-state index contributed by atoms with van der Waals surface area (Å²) in [5.74, 6) is 2.04. The molecule has 0 aliphatic rings. The molecule has 5 heteroatoms. The summed E-state index contributed by atoms with van der Waals surface area (Å²) < 4.78 is 33.3. The average molecular weight is 254 g/mol. The Balaban J connectivity index is 3.37. The van der Waals surface area contributed by atoms with Crippen molar-refractivity contribution in [2.45, 2.75) is 39.5 Å². The maximum Gasteiger partial charge on any atom is 0.150 e. The fourth-order valence-electron chi connectivity index (χ4n) is 1.23. The molecule has 0 N–H and O–H groups in total. The van der Waals surface area contributed by atoms with Crippen LogP contribution in [0.4, 0.5) is 0 Å². The number of hydrogen-bond acceptors (Lipinski definition) is 3. The molecule has 0 aliphatic carbocycles. The highest BCUT2D eigenvalue weighted by molar-refractivity contribution is 7.91. The highest BCUT2D eigenvalue weighted by Crippen LogP contribution is 2.04. The first-order valence-electron chi connectivity index (χ1n) is 5.57. The summed E-state index contributed by atoms with van der Waals surface area (Å²) >= 11 is 0. The Morgan fingerprint density at radius 2 is 1.60 bits per heavy atom. The van der Waals surface area contributed by atoms with Crippen LogP contribution in [0.3, 0.4) is 0 Å². The Hall–Kier alpha value is 0.1000. The van der Waals surface area contributed by atoms with E-state index in [1.165, 1.54) is 0 Å². The van der Waals surface area contributed by atoms with Gasteiger partial charge in [0, 0.05) is 28.1 Å². The second-order valence-corrected chi connectivity index (χ2v) is 7.92. The smallest absolute Gasteiger partial charge is 0.150 e. The Kier molecular flexibility index (Phi) is 8.33. The molecule has 0 amide bonds. The van der Waals surface area contributed by atoms with Gasteiger partial charge in [-0.25, -0.2) is 8.42 Å². The van der Waals surface area contributed by atoms with Crippen molar-refractivity contribution in [3.8, 4) is 0 Å². The van der Waals surface area contributed by atoms with Crippen LogP contribution < -0.4 is 0 Å². The lowest BCUT2D eigenvalue weighted by molar-refractivity contribution is 0.590. The first-order valence-corrected chi connectivity index (χ1v) is 8.88. The molecule has 1 unspecified atom stereocenters. The molecule has 0 rings (SSSR count). The molecule has 0 aromatic carbocycles. The van der Waals surface area contributed by atoms with Crippen LogP contribution >= 0.6 is 0 Å². The molecular formula is C10H22O3S2. The summed E-state index contributed by atoms with van der Waals surface area (Å²) in [5.41, 5.74) is 0. The Morgan fingerprint density at radius 3 is 2.13 bits per heavy atom. The van der Waals surface area contributed by atoms with Gasteiger partial charge in [-0.15, -0.1) is 0 Å². The molecule has 0 radical (unpaired) electrons. The van der Waals surface area contributed by atoms with Crippen LogP contribution in [-0.2, 0) is 20.6 Å². The lowest BCUT2D eigenvalue weighted by atomic mass is 10.2. The SMILES string of the molecule is CCS(=O)CCCCCCS(=O)(=O)CC. The van der Waals surface area contributed by atoms with E-state index in [2.05, 4.69) is 0 Å². The lowest BCUT2D eigenvalue weighted by Gasteiger charge is -2.01. The Morgan fingerprint density at radius 1 is 1.00 bits per heavy atom. The molecule has 0 heterocycles. The van der Waals surface area contributed by atoms with Crippen molar-refractivity contribution in [2.75, 3.05) is 23.0 Å². The van der Waals surface area contributed by atoms with Gasteiger partial charge in [-0.05, 0) is 12.8 Å². The van der Waals surface area contributed by atoms with Crippen molar-refractivity contribution in [1.29, 1.82) is 0 Å². The fourth-order valence-corrected chi connectivity index (χ4v) is 2.97. The fraction of sp³-hybridized carbons (Fsp3) is 1.00. The number of sulfone groups is 1. The molecule has 0 bridgehead atoms. The maximum absolute atomic E-state index is 11.1. The van der Waals surface area contributed by atoms with Gasteiger partial charge >= 0.3 is 0 Å². The predicted octanol–water partition coefficient (Wildman–Crippen LogP) is 1.75. The third kappa shape index (κ3) is 9.05. The third-order valence-corrected chi connectivity index (χ3v) is 5.52. The molecule has 92 valence electrons. The Labute approximate surface area is 96.0 Å². The average Bonchev–Trinajstić information content (AvgIpc) is 2.22. The van der Waals surface area contributed by atoms with Gasteiger partial charge in [0.15, 0.2) is 0 Å². The van der Waals surface area contributed by atoms with E-state index in [0.717, 1.165) is 37.2 Å². The van der Waals surface area contributed by atoms with Gasteiger partial charge in [0.1, 0.15) is 9.84 Å². The molecule has 0 aromatic heterocycles. The second kappa shape index (κ2) is 8.28. The summed E-state index contributed by atoms with van der Waals surface area (Å²) in [7, 11) is -3.46. The highest BCUT2D eigenvalue weighted by Gasteiger charge is 2.05. The molecule has 0 aliphatic heterocycles. The van der Waals surface area contributed by atoms with E-state index in [-0.39, 0.29) is 5.75 Å². The van der Waals surface area contributed by atoms with E-state index in [1.54, 1.807) is 6.92 Å². The van der Waals surface area contributed by atoms with Crippen LogP contribution in [0.25, 0.3) is 0 Å². The molecule has 0 fully saturated rings. The van der Waals surface area contributed by atoms with Crippen LogP contribution in [0.2, 0.25) is 0 Å². The molecule has 0 saturated heterocycles. The van der Waals surface area contributed by atoms with E-state index < -0.39 is 20.6 Å². The molecular weight excluding hydrogens is 232 g/mol. The summed E-state index contributed by atoms with van der Waals surface area (Å²) in [6.07, 6.45) is 3.62. The van der Waals surface area contributed by atoms with Crippen molar-refractivity contribution >= 4 is 20.6 Å². The van der Waals surface area contributed by atoms with Crippen LogP contribution in [0.15, 0.2) is 0 Å². The lowest BCUT2D eigenvalue weighted by Crippen LogP contribution is -2.08. The molecule has 3 nitrogen and oxygen atoms in total. The van der Waals surface area contributed by atoms with E-state index in [0.29, 0.717) is 5.75 Å². The molecule has 1 atom stereocenters.